The second-order valence-electron chi connectivity index (χ2n) is 6.19. The van der Waals surface area contributed by atoms with Crippen LogP contribution in [0.1, 0.15) is 37.9 Å². The summed E-state index contributed by atoms with van der Waals surface area (Å²) >= 11 is 0. The summed E-state index contributed by atoms with van der Waals surface area (Å²) in [5.74, 6) is 9.17. The summed E-state index contributed by atoms with van der Waals surface area (Å²) in [6.07, 6.45) is 3.53. The third kappa shape index (κ3) is 3.02. The van der Waals surface area contributed by atoms with Gasteiger partial charge in [-0.2, -0.15) is 0 Å². The van der Waals surface area contributed by atoms with Gasteiger partial charge in [0.2, 0.25) is 0 Å². The van der Waals surface area contributed by atoms with Gasteiger partial charge < -0.3 is 15.6 Å². The maximum Gasteiger partial charge on any atom is 0.145 e. The van der Waals surface area contributed by atoms with E-state index in [0.717, 1.165) is 31.2 Å². The minimum atomic E-state index is 0.471. The van der Waals surface area contributed by atoms with Crippen molar-refractivity contribution in [3.63, 3.8) is 0 Å². The molecule has 2 aliphatic rings. The number of hydrogen-bond acceptors (Lipinski definition) is 6. The second-order valence-corrected chi connectivity index (χ2v) is 6.19. The van der Waals surface area contributed by atoms with Gasteiger partial charge in [-0.25, -0.2) is 15.8 Å². The highest BCUT2D eigenvalue weighted by Crippen LogP contribution is 2.38. The molecule has 1 aromatic rings. The van der Waals surface area contributed by atoms with Gasteiger partial charge in [0, 0.05) is 24.6 Å². The summed E-state index contributed by atoms with van der Waals surface area (Å²) in [5, 5.41) is 3.58. The average Bonchev–Trinajstić information content (AvgIpc) is 3.26. The Kier molecular flexibility index (Phi) is 3.76. The van der Waals surface area contributed by atoms with Crippen molar-refractivity contribution in [1.82, 2.24) is 14.9 Å². The number of nitrogens with one attached hydrogen (secondary N) is 2. The van der Waals surface area contributed by atoms with E-state index in [1.807, 2.05) is 6.07 Å². The van der Waals surface area contributed by atoms with E-state index >= 15 is 0 Å². The summed E-state index contributed by atoms with van der Waals surface area (Å²) in [4.78, 5) is 11.5. The first-order chi connectivity index (χ1) is 9.65. The molecule has 1 aromatic heterocycles. The Morgan fingerprint density at radius 1 is 1.25 bits per heavy atom. The predicted octanol–water partition coefficient (Wildman–Crippen LogP) is 1.39. The van der Waals surface area contributed by atoms with Crippen molar-refractivity contribution in [1.29, 1.82) is 0 Å². The second kappa shape index (κ2) is 5.54. The van der Waals surface area contributed by atoms with Crippen LogP contribution in [0, 0.1) is 5.92 Å². The van der Waals surface area contributed by atoms with Gasteiger partial charge in [0.25, 0.3) is 0 Å². The van der Waals surface area contributed by atoms with Crippen LogP contribution in [-0.4, -0.2) is 41.0 Å². The summed E-state index contributed by atoms with van der Waals surface area (Å²) in [6.45, 7) is 4.54. The molecule has 3 rings (SSSR count). The molecule has 0 aromatic carbocycles. The fourth-order valence-corrected chi connectivity index (χ4v) is 2.90. The molecule has 2 unspecified atom stereocenters. The van der Waals surface area contributed by atoms with Gasteiger partial charge in [0.05, 0.1) is 0 Å². The number of nitrogen functional groups attached to an aromatic ring is 1. The largest absolute Gasteiger partial charge is 0.367 e. The zero-order valence-corrected chi connectivity index (χ0v) is 12.3. The van der Waals surface area contributed by atoms with E-state index in [0.29, 0.717) is 23.7 Å². The third-order valence-corrected chi connectivity index (χ3v) is 4.28. The van der Waals surface area contributed by atoms with Crippen molar-refractivity contribution in [2.45, 2.75) is 38.1 Å². The number of hydrazine groups is 1. The van der Waals surface area contributed by atoms with Crippen LogP contribution in [0.5, 0.6) is 0 Å². The lowest BCUT2D eigenvalue weighted by Crippen LogP contribution is -2.43. The molecule has 1 saturated carbocycles. The van der Waals surface area contributed by atoms with Crippen LogP contribution in [0.25, 0.3) is 0 Å². The van der Waals surface area contributed by atoms with Crippen LogP contribution in [0.4, 0.5) is 11.6 Å². The molecule has 2 heterocycles. The van der Waals surface area contributed by atoms with Gasteiger partial charge in [-0.1, -0.05) is 6.92 Å². The summed E-state index contributed by atoms with van der Waals surface area (Å²) < 4.78 is 0. The zero-order valence-electron chi connectivity index (χ0n) is 12.3. The molecule has 0 bridgehead atoms. The lowest BCUT2D eigenvalue weighted by atomic mass is 9.94. The molecule has 0 spiro atoms. The molecule has 1 aliphatic carbocycles. The predicted molar refractivity (Wildman–Crippen MR) is 80.5 cm³/mol. The Bertz CT molecular complexity index is 473. The van der Waals surface area contributed by atoms with Crippen molar-refractivity contribution in [2.24, 2.45) is 11.8 Å². The van der Waals surface area contributed by atoms with Crippen molar-refractivity contribution in [2.75, 3.05) is 30.9 Å². The summed E-state index contributed by atoms with van der Waals surface area (Å²) in [6, 6.07) is 2.37. The Morgan fingerprint density at radius 3 is 2.65 bits per heavy atom. The first kappa shape index (κ1) is 13.6. The van der Waals surface area contributed by atoms with E-state index in [-0.39, 0.29) is 0 Å². The topological polar surface area (TPSA) is 79.1 Å². The van der Waals surface area contributed by atoms with Crippen molar-refractivity contribution in [3.05, 3.63) is 11.9 Å². The van der Waals surface area contributed by atoms with Gasteiger partial charge in [0.1, 0.15) is 17.5 Å². The van der Waals surface area contributed by atoms with Crippen LogP contribution in [-0.2, 0) is 0 Å². The highest BCUT2D eigenvalue weighted by Gasteiger charge is 2.28. The molecule has 6 nitrogen and oxygen atoms in total. The molecular formula is C14H24N6. The number of aromatic nitrogens is 2. The number of nitrogens with two attached hydrogens (primary N) is 1. The van der Waals surface area contributed by atoms with Gasteiger partial charge in [-0.3, -0.25) is 0 Å². The SMILES string of the molecule is CC1CN(C)CCC1Nc1cc(NN)nc(C2CC2)n1. The lowest BCUT2D eigenvalue weighted by molar-refractivity contribution is 0.206. The minimum Gasteiger partial charge on any atom is -0.367 e. The molecule has 2 fully saturated rings. The van der Waals surface area contributed by atoms with Gasteiger partial charge in [-0.15, -0.1) is 0 Å². The Hall–Kier alpha value is -1.40. The van der Waals surface area contributed by atoms with E-state index < -0.39 is 0 Å². The fourth-order valence-electron chi connectivity index (χ4n) is 2.90. The van der Waals surface area contributed by atoms with Crippen LogP contribution in [0.2, 0.25) is 0 Å². The molecule has 4 N–H and O–H groups in total. The zero-order chi connectivity index (χ0) is 14.1. The number of anilines is 2. The molecule has 6 heteroatoms. The molecule has 0 radical (unpaired) electrons. The van der Waals surface area contributed by atoms with Gasteiger partial charge >= 0.3 is 0 Å². The van der Waals surface area contributed by atoms with E-state index in [1.54, 1.807) is 0 Å². The third-order valence-electron chi connectivity index (χ3n) is 4.28. The van der Waals surface area contributed by atoms with E-state index in [9.17, 15) is 0 Å². The maximum atomic E-state index is 5.51. The highest BCUT2D eigenvalue weighted by molar-refractivity contribution is 5.48. The number of rotatable bonds is 4. The van der Waals surface area contributed by atoms with Crippen molar-refractivity contribution >= 4 is 11.6 Å². The van der Waals surface area contributed by atoms with Crippen LogP contribution >= 0.6 is 0 Å². The van der Waals surface area contributed by atoms with E-state index in [1.165, 1.54) is 12.8 Å². The van der Waals surface area contributed by atoms with Crippen LogP contribution in [0.15, 0.2) is 6.07 Å². The summed E-state index contributed by atoms with van der Waals surface area (Å²) in [5.41, 5.74) is 2.65. The average molecular weight is 276 g/mol. The van der Waals surface area contributed by atoms with Gasteiger partial charge in [0.15, 0.2) is 0 Å². The first-order valence-electron chi connectivity index (χ1n) is 7.46. The van der Waals surface area contributed by atoms with Crippen molar-refractivity contribution < 1.29 is 0 Å². The first-order valence-corrected chi connectivity index (χ1v) is 7.46. The quantitative estimate of drug-likeness (QED) is 0.570. The highest BCUT2D eigenvalue weighted by atomic mass is 15.3. The van der Waals surface area contributed by atoms with E-state index in [2.05, 4.69) is 39.6 Å². The molecule has 0 amide bonds. The Labute approximate surface area is 120 Å². The van der Waals surface area contributed by atoms with Crippen LogP contribution < -0.4 is 16.6 Å². The lowest BCUT2D eigenvalue weighted by Gasteiger charge is -2.35. The standard InChI is InChI=1S/C14H24N6/c1-9-8-20(2)6-5-11(9)16-12-7-13(19-15)18-14(17-12)10-3-4-10/h7,9-11H,3-6,8,15H2,1-2H3,(H2,16,17,18,19). The summed E-state index contributed by atoms with van der Waals surface area (Å²) in [7, 11) is 2.18. The Balaban J connectivity index is 1.74. The minimum absolute atomic E-state index is 0.471. The molecular weight excluding hydrogens is 252 g/mol. The fraction of sp³-hybridized carbons (Fsp3) is 0.714. The number of piperidine rings is 1. The molecule has 2 atom stereocenters. The monoisotopic (exact) mass is 276 g/mol. The number of hydrogen-bond donors (Lipinski definition) is 3. The number of nitrogens with zero attached hydrogens (tertiary/aromatic N) is 3. The van der Waals surface area contributed by atoms with E-state index in [4.69, 9.17) is 5.84 Å². The van der Waals surface area contributed by atoms with Crippen LogP contribution in [0.3, 0.4) is 0 Å². The smallest absolute Gasteiger partial charge is 0.145 e. The molecule has 20 heavy (non-hydrogen) atoms. The van der Waals surface area contributed by atoms with Crippen molar-refractivity contribution in [3.8, 4) is 0 Å². The molecule has 110 valence electrons. The Morgan fingerprint density at radius 2 is 2.00 bits per heavy atom. The normalized spacial score (nSPS) is 27.4. The molecule has 1 aliphatic heterocycles. The number of likely N-dealkylation sites (tertiary alicyclic amines) is 1. The molecule has 1 saturated heterocycles. The van der Waals surface area contributed by atoms with Gasteiger partial charge in [-0.05, 0) is 38.8 Å². The maximum absolute atomic E-state index is 5.51.